The van der Waals surface area contributed by atoms with E-state index in [-0.39, 0.29) is 47.9 Å². The van der Waals surface area contributed by atoms with Crippen molar-refractivity contribution in [3.8, 4) is 0 Å². The fourth-order valence-corrected chi connectivity index (χ4v) is 4.42. The number of likely N-dealkylation sites (N-methyl/N-ethyl adjacent to an activating group) is 1. The average molecular weight is 494 g/mol. The van der Waals surface area contributed by atoms with Crippen LogP contribution in [0.1, 0.15) is 39.5 Å². The summed E-state index contributed by atoms with van der Waals surface area (Å²) < 4.78 is 11.7. The summed E-state index contributed by atoms with van der Waals surface area (Å²) >= 11 is 0. The summed E-state index contributed by atoms with van der Waals surface area (Å²) in [6.07, 6.45) is 5.03. The van der Waals surface area contributed by atoms with E-state index in [1.54, 1.807) is 19.0 Å². The van der Waals surface area contributed by atoms with Gasteiger partial charge < -0.3 is 25.0 Å². The van der Waals surface area contributed by atoms with E-state index in [4.69, 9.17) is 9.47 Å². The molecule has 0 bridgehead atoms. The third kappa shape index (κ3) is 5.26. The first kappa shape index (κ1) is 22.7. The number of fused-ring (bicyclic) bond motifs is 1. The molecule has 1 saturated carbocycles. The minimum atomic E-state index is -0.00466. The molecule has 2 N–H and O–H groups in total. The summed E-state index contributed by atoms with van der Waals surface area (Å²) in [5.41, 5.74) is 0.0585. The zero-order valence-corrected chi connectivity index (χ0v) is 19.3. The Balaban J connectivity index is 0.00000261. The van der Waals surface area contributed by atoms with Gasteiger partial charge in [-0.1, -0.05) is 13.8 Å². The van der Waals surface area contributed by atoms with Crippen LogP contribution < -0.4 is 10.6 Å². The fraction of sp³-hybridized carbons (Fsp3) is 0.895. The number of hydrogen-bond acceptors (Lipinski definition) is 4. The zero-order chi connectivity index (χ0) is 18.7. The van der Waals surface area contributed by atoms with Crippen molar-refractivity contribution in [1.29, 1.82) is 0 Å². The van der Waals surface area contributed by atoms with Crippen LogP contribution in [0.15, 0.2) is 4.99 Å². The second kappa shape index (κ2) is 9.73. The van der Waals surface area contributed by atoms with Crippen molar-refractivity contribution in [2.75, 3.05) is 40.4 Å². The smallest absolute Gasteiger partial charge is 0.243 e. The highest BCUT2D eigenvalue weighted by Crippen LogP contribution is 2.51. The standard InChI is InChI=1S/C19H34N4O3.HI/c1-19(2)16(14-8-6-10-26-17(14)19)22-18(21-12-15(24)23(3)4)20-11-13-7-5-9-25-13;/h13-14,16-17H,5-12H2,1-4H3,(H2,20,21,22);1H. The molecule has 1 amide bonds. The predicted octanol–water partition coefficient (Wildman–Crippen LogP) is 1.61. The van der Waals surface area contributed by atoms with E-state index in [0.29, 0.717) is 24.0 Å². The quantitative estimate of drug-likeness (QED) is 0.345. The van der Waals surface area contributed by atoms with Gasteiger partial charge in [0.05, 0.1) is 12.2 Å². The lowest BCUT2D eigenvalue weighted by atomic mass is 9.55. The van der Waals surface area contributed by atoms with Crippen molar-refractivity contribution >= 4 is 35.8 Å². The van der Waals surface area contributed by atoms with E-state index in [2.05, 4.69) is 29.5 Å². The van der Waals surface area contributed by atoms with E-state index in [1.165, 1.54) is 6.42 Å². The minimum Gasteiger partial charge on any atom is -0.377 e. The van der Waals surface area contributed by atoms with E-state index in [1.807, 2.05) is 0 Å². The lowest BCUT2D eigenvalue weighted by molar-refractivity contribution is -0.188. The van der Waals surface area contributed by atoms with Crippen LogP contribution in [0.3, 0.4) is 0 Å². The fourth-order valence-electron chi connectivity index (χ4n) is 4.42. The number of rotatable bonds is 5. The lowest BCUT2D eigenvalue weighted by Crippen LogP contribution is -2.71. The second-order valence-electron chi connectivity index (χ2n) is 8.51. The number of hydrogen-bond donors (Lipinski definition) is 2. The molecule has 3 fully saturated rings. The van der Waals surface area contributed by atoms with E-state index in [0.717, 1.165) is 39.0 Å². The minimum absolute atomic E-state index is 0. The van der Waals surface area contributed by atoms with E-state index >= 15 is 0 Å². The van der Waals surface area contributed by atoms with Crippen molar-refractivity contribution in [3.63, 3.8) is 0 Å². The molecule has 1 aliphatic carbocycles. The Kier molecular flexibility index (Phi) is 8.18. The lowest BCUT2D eigenvalue weighted by Gasteiger charge is -2.60. The number of nitrogens with zero attached hydrogens (tertiary/aromatic N) is 2. The van der Waals surface area contributed by atoms with Gasteiger partial charge >= 0.3 is 0 Å². The van der Waals surface area contributed by atoms with Crippen LogP contribution in [0.2, 0.25) is 0 Å². The number of carbonyl (C=O) groups is 1. The Morgan fingerprint density at radius 1 is 1.19 bits per heavy atom. The highest BCUT2D eigenvalue weighted by Gasteiger charge is 2.58. The molecule has 3 aliphatic rings. The first-order valence-corrected chi connectivity index (χ1v) is 9.88. The van der Waals surface area contributed by atoms with Gasteiger partial charge in [0.1, 0.15) is 6.54 Å². The topological polar surface area (TPSA) is 75.2 Å². The Morgan fingerprint density at radius 2 is 1.89 bits per heavy atom. The van der Waals surface area contributed by atoms with Crippen LogP contribution >= 0.6 is 24.0 Å². The van der Waals surface area contributed by atoms with Crippen LogP contribution in [-0.4, -0.2) is 75.4 Å². The number of amides is 1. The highest BCUT2D eigenvalue weighted by atomic mass is 127. The van der Waals surface area contributed by atoms with E-state index in [9.17, 15) is 4.79 Å². The monoisotopic (exact) mass is 494 g/mol. The van der Waals surface area contributed by atoms with Gasteiger partial charge in [-0.15, -0.1) is 24.0 Å². The molecule has 2 saturated heterocycles. The predicted molar refractivity (Wildman–Crippen MR) is 117 cm³/mol. The molecule has 3 rings (SSSR count). The van der Waals surface area contributed by atoms with Crippen LogP contribution in [0.4, 0.5) is 0 Å². The molecule has 0 aromatic carbocycles. The third-order valence-electron chi connectivity index (χ3n) is 6.02. The number of carbonyl (C=O) groups excluding carboxylic acids is 1. The summed E-state index contributed by atoms with van der Waals surface area (Å²) in [5.74, 6) is 1.21. The Morgan fingerprint density at radius 3 is 2.56 bits per heavy atom. The summed E-state index contributed by atoms with van der Waals surface area (Å²) in [4.78, 5) is 18.1. The van der Waals surface area contributed by atoms with Crippen molar-refractivity contribution in [2.45, 2.75) is 57.8 Å². The van der Waals surface area contributed by atoms with Gasteiger partial charge in [-0.25, -0.2) is 4.99 Å². The van der Waals surface area contributed by atoms with Gasteiger partial charge in [-0.05, 0) is 25.7 Å². The largest absolute Gasteiger partial charge is 0.377 e. The van der Waals surface area contributed by atoms with Gasteiger partial charge in [0, 0.05) is 51.2 Å². The van der Waals surface area contributed by atoms with Crippen molar-refractivity contribution in [1.82, 2.24) is 15.5 Å². The first-order valence-electron chi connectivity index (χ1n) is 9.88. The van der Waals surface area contributed by atoms with Gasteiger partial charge in [0.25, 0.3) is 0 Å². The highest BCUT2D eigenvalue weighted by molar-refractivity contribution is 14.0. The van der Waals surface area contributed by atoms with Crippen molar-refractivity contribution < 1.29 is 14.3 Å². The zero-order valence-electron chi connectivity index (χ0n) is 17.0. The van der Waals surface area contributed by atoms with Gasteiger partial charge in [0.2, 0.25) is 5.91 Å². The maximum Gasteiger partial charge on any atom is 0.243 e. The molecule has 0 aromatic rings. The maximum absolute atomic E-state index is 12.0. The molecule has 2 heterocycles. The molecule has 0 aromatic heterocycles. The average Bonchev–Trinajstić information content (AvgIpc) is 3.14. The SMILES string of the molecule is CN(C)C(=O)CN=C(NCC1CCCO1)NC1C2CCCOC2C1(C)C.I. The number of ether oxygens (including phenoxy) is 2. The molecule has 0 spiro atoms. The second-order valence-corrected chi connectivity index (χ2v) is 8.51. The summed E-state index contributed by atoms with van der Waals surface area (Å²) in [5, 5.41) is 6.98. The van der Waals surface area contributed by atoms with Crippen LogP contribution in [0.5, 0.6) is 0 Å². The first-order chi connectivity index (χ1) is 12.4. The van der Waals surface area contributed by atoms with Crippen LogP contribution in [0.25, 0.3) is 0 Å². The molecule has 2 aliphatic heterocycles. The van der Waals surface area contributed by atoms with Crippen molar-refractivity contribution in [3.05, 3.63) is 0 Å². The normalized spacial score (nSPS) is 31.9. The Bertz CT molecular complexity index is 535. The number of nitrogens with one attached hydrogen (secondary N) is 2. The molecule has 156 valence electrons. The van der Waals surface area contributed by atoms with Crippen LogP contribution in [-0.2, 0) is 14.3 Å². The molecule has 0 radical (unpaired) electrons. The Labute approximate surface area is 180 Å². The molecule has 4 atom stereocenters. The summed E-state index contributed by atoms with van der Waals surface area (Å²) in [6, 6.07) is 0.304. The van der Waals surface area contributed by atoms with E-state index < -0.39 is 0 Å². The molecule has 8 heteroatoms. The molecule has 7 nitrogen and oxygen atoms in total. The van der Waals surface area contributed by atoms with Gasteiger partial charge in [0.15, 0.2) is 5.96 Å². The molecular weight excluding hydrogens is 459 g/mol. The third-order valence-corrected chi connectivity index (χ3v) is 6.02. The number of halogens is 1. The summed E-state index contributed by atoms with van der Waals surface area (Å²) in [6.45, 7) is 7.07. The summed E-state index contributed by atoms with van der Waals surface area (Å²) in [7, 11) is 3.51. The van der Waals surface area contributed by atoms with Crippen LogP contribution in [0, 0.1) is 11.3 Å². The number of aliphatic imine (C=N–C) groups is 1. The van der Waals surface area contributed by atoms with Gasteiger partial charge in [-0.3, -0.25) is 4.79 Å². The molecular formula is C19H35IN4O3. The Hall–Kier alpha value is -0.610. The maximum atomic E-state index is 12.0. The molecule has 4 unspecified atom stereocenters. The van der Waals surface area contributed by atoms with Crippen molar-refractivity contribution in [2.24, 2.45) is 16.3 Å². The molecule has 27 heavy (non-hydrogen) atoms. The van der Waals surface area contributed by atoms with Gasteiger partial charge in [-0.2, -0.15) is 0 Å². The number of guanidine groups is 1.